The first-order chi connectivity index (χ1) is 16.5. The summed E-state index contributed by atoms with van der Waals surface area (Å²) in [5, 5.41) is 11.9. The number of nitrogens with zero attached hydrogens (tertiary/aromatic N) is 3. The van der Waals surface area contributed by atoms with E-state index >= 15 is 0 Å². The van der Waals surface area contributed by atoms with Gasteiger partial charge in [0.2, 0.25) is 5.91 Å². The number of nitro benzene ring substituents is 1. The quantitative estimate of drug-likeness (QED) is 0.307. The van der Waals surface area contributed by atoms with Crippen molar-refractivity contribution in [3.8, 4) is 5.75 Å². The van der Waals surface area contributed by atoms with Crippen LogP contribution < -0.4 is 9.04 Å². The SMILES string of the molecule is COc1ccc(N(CC(=O)N(C)Cc2ccc(Cl)cc2)S(=O)(=O)c2ccc(C)c([N+](=O)[O-])c2)cc1. The first kappa shape index (κ1) is 26.0. The summed E-state index contributed by atoms with van der Waals surface area (Å²) < 4.78 is 33.3. The Kier molecular flexibility index (Phi) is 7.98. The molecule has 0 N–H and O–H groups in total. The molecule has 0 aliphatic heterocycles. The summed E-state index contributed by atoms with van der Waals surface area (Å²) in [6.45, 7) is 1.24. The summed E-state index contributed by atoms with van der Waals surface area (Å²) in [6, 6.07) is 16.8. The highest BCUT2D eigenvalue weighted by Gasteiger charge is 2.30. The molecular formula is C24H24ClN3O6S. The fourth-order valence-electron chi connectivity index (χ4n) is 3.33. The minimum absolute atomic E-state index is 0.210. The number of ether oxygens (including phenoxy) is 1. The lowest BCUT2D eigenvalue weighted by Crippen LogP contribution is -2.41. The average molecular weight is 518 g/mol. The molecule has 3 aromatic rings. The number of anilines is 1. The van der Waals surface area contributed by atoms with Crippen molar-refractivity contribution in [3.63, 3.8) is 0 Å². The van der Waals surface area contributed by atoms with Crippen molar-refractivity contribution < 1.29 is 22.9 Å². The van der Waals surface area contributed by atoms with E-state index in [2.05, 4.69) is 0 Å². The van der Waals surface area contributed by atoms with Crippen molar-refractivity contribution in [2.45, 2.75) is 18.4 Å². The van der Waals surface area contributed by atoms with Gasteiger partial charge in [0.05, 0.1) is 22.6 Å². The van der Waals surface area contributed by atoms with E-state index in [0.29, 0.717) is 16.3 Å². The molecule has 0 aliphatic carbocycles. The van der Waals surface area contributed by atoms with E-state index in [9.17, 15) is 23.3 Å². The smallest absolute Gasteiger partial charge is 0.273 e. The van der Waals surface area contributed by atoms with E-state index in [1.54, 1.807) is 43.4 Å². The van der Waals surface area contributed by atoms with Gasteiger partial charge in [-0.15, -0.1) is 0 Å². The number of hydrogen-bond acceptors (Lipinski definition) is 6. The number of methoxy groups -OCH3 is 1. The van der Waals surface area contributed by atoms with E-state index < -0.39 is 27.4 Å². The van der Waals surface area contributed by atoms with Crippen LogP contribution in [0.15, 0.2) is 71.6 Å². The van der Waals surface area contributed by atoms with Crippen LogP contribution in [-0.2, 0) is 21.4 Å². The molecule has 0 unspecified atom stereocenters. The highest BCUT2D eigenvalue weighted by molar-refractivity contribution is 7.92. The number of sulfonamides is 1. The molecule has 3 rings (SSSR count). The van der Waals surface area contributed by atoms with Crippen LogP contribution in [0.2, 0.25) is 5.02 Å². The zero-order valence-electron chi connectivity index (χ0n) is 19.3. The van der Waals surface area contributed by atoms with Gasteiger partial charge >= 0.3 is 0 Å². The maximum atomic E-state index is 13.6. The maximum Gasteiger partial charge on any atom is 0.273 e. The molecule has 0 fully saturated rings. The molecule has 0 heterocycles. The van der Waals surface area contributed by atoms with Gasteiger partial charge in [0.1, 0.15) is 12.3 Å². The largest absolute Gasteiger partial charge is 0.497 e. The monoisotopic (exact) mass is 517 g/mol. The molecule has 11 heteroatoms. The second-order valence-corrected chi connectivity index (χ2v) is 10.1. The molecule has 1 amide bonds. The van der Waals surface area contributed by atoms with Crippen LogP contribution in [0.25, 0.3) is 0 Å². The third-order valence-corrected chi connectivity index (χ3v) is 7.39. The Balaban J connectivity index is 1.97. The van der Waals surface area contributed by atoms with E-state index in [4.69, 9.17) is 16.3 Å². The van der Waals surface area contributed by atoms with E-state index in [-0.39, 0.29) is 22.8 Å². The fourth-order valence-corrected chi connectivity index (χ4v) is 4.89. The minimum atomic E-state index is -4.33. The Morgan fingerprint density at radius 3 is 2.26 bits per heavy atom. The number of amides is 1. The molecule has 0 aliphatic rings. The fraction of sp³-hybridized carbons (Fsp3) is 0.208. The second kappa shape index (κ2) is 10.7. The zero-order valence-corrected chi connectivity index (χ0v) is 20.9. The van der Waals surface area contributed by atoms with Crippen LogP contribution in [0.5, 0.6) is 5.75 Å². The third-order valence-electron chi connectivity index (χ3n) is 5.36. The Morgan fingerprint density at radius 2 is 1.69 bits per heavy atom. The number of carbonyl (C=O) groups is 1. The van der Waals surface area contributed by atoms with Crippen molar-refractivity contribution >= 4 is 38.9 Å². The average Bonchev–Trinajstić information content (AvgIpc) is 2.83. The molecule has 0 radical (unpaired) electrons. The Bertz CT molecular complexity index is 1330. The lowest BCUT2D eigenvalue weighted by Gasteiger charge is -2.27. The van der Waals surface area contributed by atoms with Gasteiger partial charge in [0, 0.05) is 30.2 Å². The molecule has 0 spiro atoms. The summed E-state index contributed by atoms with van der Waals surface area (Å²) in [5.41, 5.74) is 1.02. The highest BCUT2D eigenvalue weighted by atomic mass is 35.5. The Hall–Kier alpha value is -3.63. The topological polar surface area (TPSA) is 110 Å². The number of benzene rings is 3. The Morgan fingerprint density at radius 1 is 1.06 bits per heavy atom. The number of aryl methyl sites for hydroxylation is 1. The molecule has 0 bridgehead atoms. The van der Waals surface area contributed by atoms with Crippen LogP contribution >= 0.6 is 11.6 Å². The molecule has 35 heavy (non-hydrogen) atoms. The predicted octanol–water partition coefficient (Wildman–Crippen LogP) is 4.42. The van der Waals surface area contributed by atoms with Crippen LogP contribution in [0, 0.1) is 17.0 Å². The lowest BCUT2D eigenvalue weighted by molar-refractivity contribution is -0.385. The van der Waals surface area contributed by atoms with Gasteiger partial charge in [-0.3, -0.25) is 19.2 Å². The molecule has 0 aromatic heterocycles. The summed E-state index contributed by atoms with van der Waals surface area (Å²) in [4.78, 5) is 24.9. The van der Waals surface area contributed by atoms with Crippen molar-refractivity contribution in [2.75, 3.05) is 25.0 Å². The van der Waals surface area contributed by atoms with Crippen molar-refractivity contribution in [1.29, 1.82) is 0 Å². The molecule has 0 saturated carbocycles. The number of hydrogen-bond donors (Lipinski definition) is 0. The maximum absolute atomic E-state index is 13.6. The van der Waals surface area contributed by atoms with Gasteiger partial charge in [-0.25, -0.2) is 8.42 Å². The van der Waals surface area contributed by atoms with Crippen LogP contribution in [0.1, 0.15) is 11.1 Å². The molecule has 9 nitrogen and oxygen atoms in total. The second-order valence-electron chi connectivity index (χ2n) is 7.79. The lowest BCUT2D eigenvalue weighted by atomic mass is 10.2. The van der Waals surface area contributed by atoms with Gasteiger partial charge in [-0.05, 0) is 55.0 Å². The predicted molar refractivity (Wildman–Crippen MR) is 133 cm³/mol. The molecule has 0 atom stereocenters. The molecular weight excluding hydrogens is 494 g/mol. The number of rotatable bonds is 9. The van der Waals surface area contributed by atoms with Crippen molar-refractivity contribution in [3.05, 3.63) is 93.0 Å². The molecule has 3 aromatic carbocycles. The van der Waals surface area contributed by atoms with E-state index in [0.717, 1.165) is 15.9 Å². The molecule has 184 valence electrons. The number of likely N-dealkylation sites (N-methyl/N-ethyl adjacent to an activating group) is 1. The van der Waals surface area contributed by atoms with E-state index in [1.807, 2.05) is 0 Å². The normalized spacial score (nSPS) is 11.1. The molecule has 0 saturated heterocycles. The van der Waals surface area contributed by atoms with Gasteiger partial charge in [0.15, 0.2) is 0 Å². The van der Waals surface area contributed by atoms with Crippen LogP contribution in [0.3, 0.4) is 0 Å². The summed E-state index contributed by atoms with van der Waals surface area (Å²) in [7, 11) is -1.29. The Labute approximate surface area is 208 Å². The standard InChI is InChI=1S/C24H24ClN3O6S/c1-17-4-13-22(14-23(17)28(30)31)35(32,33)27(20-9-11-21(34-3)12-10-20)16-24(29)26(2)15-18-5-7-19(25)8-6-18/h4-14H,15-16H2,1-3H3. The highest BCUT2D eigenvalue weighted by Crippen LogP contribution is 2.29. The van der Waals surface area contributed by atoms with Crippen LogP contribution in [-0.4, -0.2) is 44.9 Å². The van der Waals surface area contributed by atoms with Gasteiger partial charge in [-0.2, -0.15) is 0 Å². The number of carbonyl (C=O) groups excluding carboxylic acids is 1. The van der Waals surface area contributed by atoms with Gasteiger partial charge in [0.25, 0.3) is 15.7 Å². The van der Waals surface area contributed by atoms with Crippen molar-refractivity contribution in [2.24, 2.45) is 0 Å². The van der Waals surface area contributed by atoms with Gasteiger partial charge in [-0.1, -0.05) is 29.8 Å². The van der Waals surface area contributed by atoms with Crippen molar-refractivity contribution in [1.82, 2.24) is 4.90 Å². The minimum Gasteiger partial charge on any atom is -0.497 e. The summed E-state index contributed by atoms with van der Waals surface area (Å²) in [6.07, 6.45) is 0. The summed E-state index contributed by atoms with van der Waals surface area (Å²) in [5.74, 6) is 0.0317. The summed E-state index contributed by atoms with van der Waals surface area (Å²) >= 11 is 5.91. The first-order valence-electron chi connectivity index (χ1n) is 10.4. The third kappa shape index (κ3) is 6.09. The number of halogens is 1. The first-order valence-corrected chi connectivity index (χ1v) is 12.2. The van der Waals surface area contributed by atoms with Gasteiger partial charge < -0.3 is 9.64 Å². The zero-order chi connectivity index (χ0) is 25.8. The van der Waals surface area contributed by atoms with E-state index in [1.165, 1.54) is 43.2 Å². The van der Waals surface area contributed by atoms with Crippen LogP contribution in [0.4, 0.5) is 11.4 Å². The number of nitro groups is 1.